The molecule has 0 spiro atoms. The standard InChI is InChI=1S/C15H15ClN4/c1-9-8-10-4-2-3-5-12(10)20(9)15-13(16)11(14(17)18)6-7-19-15/h2-7,9H,8H2,1H3,(H3,17,18). The molecule has 4 nitrogen and oxygen atoms in total. The predicted octanol–water partition coefficient (Wildman–Crippen LogP) is 3.10. The van der Waals surface area contributed by atoms with Gasteiger partial charge in [0.1, 0.15) is 5.84 Å². The fourth-order valence-corrected chi connectivity index (χ4v) is 3.00. The molecule has 102 valence electrons. The van der Waals surface area contributed by atoms with Crippen molar-refractivity contribution in [1.29, 1.82) is 5.41 Å². The lowest BCUT2D eigenvalue weighted by Gasteiger charge is -2.25. The van der Waals surface area contributed by atoms with Crippen molar-refractivity contribution in [2.45, 2.75) is 19.4 Å². The molecule has 0 fully saturated rings. The lowest BCUT2D eigenvalue weighted by molar-refractivity contribution is 0.750. The summed E-state index contributed by atoms with van der Waals surface area (Å²) < 4.78 is 0. The first-order chi connectivity index (χ1) is 9.59. The highest BCUT2D eigenvalue weighted by Gasteiger charge is 2.29. The maximum absolute atomic E-state index is 7.59. The molecule has 0 radical (unpaired) electrons. The second-order valence-corrected chi connectivity index (χ2v) is 5.34. The summed E-state index contributed by atoms with van der Waals surface area (Å²) in [5.41, 5.74) is 8.49. The molecule has 5 heteroatoms. The number of benzene rings is 1. The van der Waals surface area contributed by atoms with Gasteiger partial charge in [0.15, 0.2) is 5.82 Å². The smallest absolute Gasteiger partial charge is 0.152 e. The van der Waals surface area contributed by atoms with Crippen LogP contribution in [0.3, 0.4) is 0 Å². The van der Waals surface area contributed by atoms with E-state index >= 15 is 0 Å². The topological polar surface area (TPSA) is 66.0 Å². The first-order valence-corrected chi connectivity index (χ1v) is 6.83. The van der Waals surface area contributed by atoms with Gasteiger partial charge in [-0.15, -0.1) is 0 Å². The quantitative estimate of drug-likeness (QED) is 0.658. The van der Waals surface area contributed by atoms with E-state index in [1.165, 1.54) is 5.56 Å². The average Bonchev–Trinajstić information content (AvgIpc) is 2.75. The highest BCUT2D eigenvalue weighted by molar-refractivity contribution is 6.36. The molecule has 1 atom stereocenters. The molecule has 1 aliphatic rings. The highest BCUT2D eigenvalue weighted by atomic mass is 35.5. The van der Waals surface area contributed by atoms with Gasteiger partial charge < -0.3 is 10.6 Å². The number of aromatic nitrogens is 1. The Kier molecular flexibility index (Phi) is 3.10. The first-order valence-electron chi connectivity index (χ1n) is 6.45. The van der Waals surface area contributed by atoms with Gasteiger partial charge in [-0.2, -0.15) is 0 Å². The van der Waals surface area contributed by atoms with E-state index in [-0.39, 0.29) is 11.9 Å². The Bertz CT molecular complexity index is 683. The van der Waals surface area contributed by atoms with Crippen molar-refractivity contribution in [3.05, 3.63) is 52.7 Å². The minimum Gasteiger partial charge on any atom is -0.384 e. The van der Waals surface area contributed by atoms with Crippen LogP contribution in [0, 0.1) is 5.41 Å². The third-order valence-corrected chi connectivity index (χ3v) is 3.97. The molecule has 0 aliphatic carbocycles. The molecule has 3 rings (SSSR count). The van der Waals surface area contributed by atoms with Gasteiger partial charge in [-0.05, 0) is 31.0 Å². The van der Waals surface area contributed by atoms with Crippen LogP contribution in [-0.2, 0) is 6.42 Å². The summed E-state index contributed by atoms with van der Waals surface area (Å²) in [6.07, 6.45) is 2.60. The van der Waals surface area contributed by atoms with Gasteiger partial charge in [0.05, 0.1) is 5.02 Å². The number of para-hydroxylation sites is 1. The van der Waals surface area contributed by atoms with E-state index in [0.29, 0.717) is 16.4 Å². The number of rotatable bonds is 2. The maximum Gasteiger partial charge on any atom is 0.152 e. The van der Waals surface area contributed by atoms with Crippen LogP contribution in [0.25, 0.3) is 0 Å². The SMILES string of the molecule is CC1Cc2ccccc2N1c1nccc(C(=N)N)c1Cl. The van der Waals surface area contributed by atoms with Crippen molar-refractivity contribution in [2.24, 2.45) is 5.73 Å². The van der Waals surface area contributed by atoms with Crippen LogP contribution in [-0.4, -0.2) is 16.9 Å². The van der Waals surface area contributed by atoms with Crippen molar-refractivity contribution in [1.82, 2.24) is 4.98 Å². The van der Waals surface area contributed by atoms with Gasteiger partial charge in [-0.3, -0.25) is 5.41 Å². The van der Waals surface area contributed by atoms with Gasteiger partial charge in [0.2, 0.25) is 0 Å². The minimum absolute atomic E-state index is 0.0428. The van der Waals surface area contributed by atoms with E-state index < -0.39 is 0 Å². The van der Waals surface area contributed by atoms with E-state index in [2.05, 4.69) is 28.9 Å². The van der Waals surface area contributed by atoms with Gasteiger partial charge in [-0.25, -0.2) is 4.98 Å². The summed E-state index contributed by atoms with van der Waals surface area (Å²) in [7, 11) is 0. The van der Waals surface area contributed by atoms with E-state index in [4.69, 9.17) is 22.7 Å². The summed E-state index contributed by atoms with van der Waals surface area (Å²) >= 11 is 6.39. The molecule has 1 aliphatic heterocycles. The van der Waals surface area contributed by atoms with E-state index in [1.807, 2.05) is 12.1 Å². The van der Waals surface area contributed by atoms with Gasteiger partial charge in [0, 0.05) is 23.5 Å². The number of amidine groups is 1. The Morgan fingerprint density at radius 2 is 2.15 bits per heavy atom. The summed E-state index contributed by atoms with van der Waals surface area (Å²) in [5.74, 6) is 0.621. The van der Waals surface area contributed by atoms with Crippen molar-refractivity contribution in [3.63, 3.8) is 0 Å². The van der Waals surface area contributed by atoms with Crippen molar-refractivity contribution in [3.8, 4) is 0 Å². The second kappa shape index (κ2) is 4.80. The van der Waals surface area contributed by atoms with E-state index in [0.717, 1.165) is 12.1 Å². The number of hydrogen-bond donors (Lipinski definition) is 2. The number of hydrogen-bond acceptors (Lipinski definition) is 3. The van der Waals surface area contributed by atoms with E-state index in [1.54, 1.807) is 12.3 Å². The summed E-state index contributed by atoms with van der Waals surface area (Å²) in [6.45, 7) is 2.14. The number of halogens is 1. The number of anilines is 2. The third-order valence-electron chi connectivity index (χ3n) is 3.60. The van der Waals surface area contributed by atoms with Crippen molar-refractivity contribution >= 4 is 28.9 Å². The van der Waals surface area contributed by atoms with Crippen LogP contribution in [0.4, 0.5) is 11.5 Å². The Balaban J connectivity index is 2.15. The zero-order valence-corrected chi connectivity index (χ0v) is 11.9. The number of nitrogens with zero attached hydrogens (tertiary/aromatic N) is 2. The largest absolute Gasteiger partial charge is 0.384 e. The van der Waals surface area contributed by atoms with Crippen LogP contribution in [0.15, 0.2) is 36.5 Å². The fourth-order valence-electron chi connectivity index (χ4n) is 2.70. The maximum atomic E-state index is 7.59. The normalized spacial score (nSPS) is 17.1. The first kappa shape index (κ1) is 12.9. The zero-order valence-electron chi connectivity index (χ0n) is 11.1. The Morgan fingerprint density at radius 1 is 1.40 bits per heavy atom. The summed E-state index contributed by atoms with van der Waals surface area (Å²) in [6, 6.07) is 10.2. The van der Waals surface area contributed by atoms with Crippen LogP contribution >= 0.6 is 11.6 Å². The van der Waals surface area contributed by atoms with Crippen molar-refractivity contribution in [2.75, 3.05) is 4.90 Å². The van der Waals surface area contributed by atoms with Crippen LogP contribution in [0.5, 0.6) is 0 Å². The zero-order chi connectivity index (χ0) is 14.3. The molecule has 0 amide bonds. The predicted molar refractivity (Wildman–Crippen MR) is 82.0 cm³/mol. The monoisotopic (exact) mass is 286 g/mol. The Morgan fingerprint density at radius 3 is 2.90 bits per heavy atom. The summed E-state index contributed by atoms with van der Waals surface area (Å²) in [4.78, 5) is 6.51. The number of pyridine rings is 1. The van der Waals surface area contributed by atoms with Gasteiger partial charge in [0.25, 0.3) is 0 Å². The van der Waals surface area contributed by atoms with Crippen LogP contribution < -0.4 is 10.6 Å². The van der Waals surface area contributed by atoms with E-state index in [9.17, 15) is 0 Å². The molecule has 0 saturated carbocycles. The molecule has 3 N–H and O–H groups in total. The molecule has 1 unspecified atom stereocenters. The molecule has 0 bridgehead atoms. The Labute approximate surface area is 122 Å². The highest BCUT2D eigenvalue weighted by Crippen LogP contribution is 2.40. The number of nitrogen functional groups attached to an aromatic ring is 1. The molecule has 1 aromatic carbocycles. The van der Waals surface area contributed by atoms with Crippen LogP contribution in [0.2, 0.25) is 5.02 Å². The molecular formula is C15H15ClN4. The summed E-state index contributed by atoms with van der Waals surface area (Å²) in [5, 5.41) is 8.02. The fraction of sp³-hybridized carbons (Fsp3) is 0.200. The number of nitrogens with one attached hydrogen (secondary N) is 1. The lowest BCUT2D eigenvalue weighted by atomic mass is 10.1. The lowest BCUT2D eigenvalue weighted by Crippen LogP contribution is -2.26. The number of nitrogens with two attached hydrogens (primary N) is 1. The average molecular weight is 287 g/mol. The molecule has 0 saturated heterocycles. The number of fused-ring (bicyclic) bond motifs is 1. The van der Waals surface area contributed by atoms with Crippen LogP contribution in [0.1, 0.15) is 18.1 Å². The second-order valence-electron chi connectivity index (χ2n) is 4.96. The van der Waals surface area contributed by atoms with Gasteiger partial charge >= 0.3 is 0 Å². The minimum atomic E-state index is -0.0428. The van der Waals surface area contributed by atoms with Gasteiger partial charge in [-0.1, -0.05) is 29.8 Å². The molecule has 1 aromatic heterocycles. The molecule has 2 aromatic rings. The Hall–Kier alpha value is -2.07. The van der Waals surface area contributed by atoms with Crippen molar-refractivity contribution < 1.29 is 0 Å². The third kappa shape index (κ3) is 1.93. The molecular weight excluding hydrogens is 272 g/mol. The molecule has 20 heavy (non-hydrogen) atoms. The molecule has 2 heterocycles.